The highest BCUT2D eigenvalue weighted by molar-refractivity contribution is 9.11. The predicted molar refractivity (Wildman–Crippen MR) is 101 cm³/mol. The number of hydrogen-bond acceptors (Lipinski definition) is 1. The van der Waals surface area contributed by atoms with Crippen molar-refractivity contribution in [3.63, 3.8) is 0 Å². The molecule has 4 aromatic carbocycles. The Morgan fingerprint density at radius 1 is 0.636 bits per heavy atom. The Balaban J connectivity index is 2.54. The van der Waals surface area contributed by atoms with Crippen molar-refractivity contribution in [3.8, 4) is 0 Å². The molecule has 0 unspecified atom stereocenters. The summed E-state index contributed by atoms with van der Waals surface area (Å²) < 4.78 is 1.81. The molecule has 1 nitrogen and oxygen atoms in total. The van der Waals surface area contributed by atoms with Crippen LogP contribution in [-0.2, 0) is 0 Å². The van der Waals surface area contributed by atoms with Crippen LogP contribution in [0.2, 0.25) is 0 Å². The molecule has 106 valence electrons. The van der Waals surface area contributed by atoms with Crippen molar-refractivity contribution >= 4 is 64.2 Å². The summed E-state index contributed by atoms with van der Waals surface area (Å²) in [5.41, 5.74) is 0.0591. The molecule has 0 N–H and O–H groups in total. The maximum Gasteiger partial charge on any atom is 0.194 e. The molecule has 0 aliphatic rings. The molecule has 0 bridgehead atoms. The first-order chi connectivity index (χ1) is 10.7. The lowest BCUT2D eigenvalue weighted by Gasteiger charge is -2.02. The summed E-state index contributed by atoms with van der Waals surface area (Å²) in [5, 5.41) is 5.59. The third-order valence-corrected chi connectivity index (χ3v) is 5.04. The minimum absolute atomic E-state index is 0.0591. The number of halogens is 2. The second-order valence-electron chi connectivity index (χ2n) is 5.23. The van der Waals surface area contributed by atoms with Crippen LogP contribution in [0.25, 0.3) is 32.3 Å². The van der Waals surface area contributed by atoms with Gasteiger partial charge in [0.05, 0.1) is 0 Å². The van der Waals surface area contributed by atoms with Crippen LogP contribution in [-0.4, -0.2) is 0 Å². The Bertz CT molecular complexity index is 1120. The molecular formula is C19H10Br2O. The van der Waals surface area contributed by atoms with Gasteiger partial charge in [-0.05, 0) is 28.3 Å². The average Bonchev–Trinajstić information content (AvgIpc) is 2.63. The maximum atomic E-state index is 13.1. The van der Waals surface area contributed by atoms with Gasteiger partial charge in [0.2, 0.25) is 0 Å². The fraction of sp³-hybridized carbons (Fsp3) is 0. The molecule has 3 heteroatoms. The quantitative estimate of drug-likeness (QED) is 0.344. The van der Waals surface area contributed by atoms with Crippen LogP contribution in [0.15, 0.2) is 74.4 Å². The second-order valence-corrected chi connectivity index (χ2v) is 7.00. The summed E-state index contributed by atoms with van der Waals surface area (Å²) >= 11 is 7.12. The van der Waals surface area contributed by atoms with E-state index < -0.39 is 0 Å². The lowest BCUT2D eigenvalue weighted by molar-refractivity contribution is 1.68. The first-order valence-electron chi connectivity index (χ1n) is 6.89. The third kappa shape index (κ3) is 2.00. The van der Waals surface area contributed by atoms with E-state index in [-0.39, 0.29) is 5.43 Å². The zero-order chi connectivity index (χ0) is 15.3. The van der Waals surface area contributed by atoms with Gasteiger partial charge < -0.3 is 0 Å². The third-order valence-electron chi connectivity index (χ3n) is 3.96. The van der Waals surface area contributed by atoms with Gasteiger partial charge in [-0.2, -0.15) is 0 Å². The van der Waals surface area contributed by atoms with Crippen LogP contribution in [0.4, 0.5) is 0 Å². The lowest BCUT2D eigenvalue weighted by Crippen LogP contribution is -1.98. The Labute approximate surface area is 143 Å². The summed E-state index contributed by atoms with van der Waals surface area (Å²) in [5.74, 6) is 0. The first-order valence-corrected chi connectivity index (χ1v) is 8.48. The molecule has 0 saturated carbocycles. The molecule has 22 heavy (non-hydrogen) atoms. The van der Waals surface area contributed by atoms with Gasteiger partial charge in [0.1, 0.15) is 0 Å². The van der Waals surface area contributed by atoms with Gasteiger partial charge in [0, 0.05) is 25.1 Å². The molecule has 4 aromatic rings. The van der Waals surface area contributed by atoms with Crippen molar-refractivity contribution in [1.29, 1.82) is 0 Å². The van der Waals surface area contributed by atoms with Crippen LogP contribution in [0.5, 0.6) is 0 Å². The maximum absolute atomic E-state index is 13.1. The normalized spacial score (nSPS) is 11.4. The smallest absolute Gasteiger partial charge is 0.194 e. The van der Waals surface area contributed by atoms with E-state index in [9.17, 15) is 4.79 Å². The summed E-state index contributed by atoms with van der Waals surface area (Å²) in [6.07, 6.45) is 0. The molecule has 0 fully saturated rings. The highest BCUT2D eigenvalue weighted by Crippen LogP contribution is 2.34. The zero-order valence-electron chi connectivity index (χ0n) is 11.4. The number of fused-ring (bicyclic) bond motifs is 5. The molecule has 0 saturated heterocycles. The van der Waals surface area contributed by atoms with Gasteiger partial charge in [-0.15, -0.1) is 0 Å². The monoisotopic (exact) mass is 412 g/mol. The van der Waals surface area contributed by atoms with Gasteiger partial charge in [-0.1, -0.05) is 80.4 Å². The standard InChI is InChI=1S/C19H10Br2O/c20-11-9-16-18(17(21)10-11)14-7-3-1-5-12(14)13-6-2-4-8-15(13)19(16)22/h1-10H. The number of benzene rings is 3. The Hall–Kier alpha value is -1.71. The summed E-state index contributed by atoms with van der Waals surface area (Å²) in [6, 6.07) is 19.9. The van der Waals surface area contributed by atoms with Crippen molar-refractivity contribution in [1.82, 2.24) is 0 Å². The summed E-state index contributed by atoms with van der Waals surface area (Å²) in [4.78, 5) is 13.1. The van der Waals surface area contributed by atoms with E-state index in [1.165, 1.54) is 0 Å². The second kappa shape index (κ2) is 5.18. The van der Waals surface area contributed by atoms with E-state index >= 15 is 0 Å². The van der Waals surface area contributed by atoms with Crippen molar-refractivity contribution in [2.45, 2.75) is 0 Å². The fourth-order valence-electron chi connectivity index (χ4n) is 3.02. The van der Waals surface area contributed by atoms with E-state index in [2.05, 4.69) is 44.0 Å². The van der Waals surface area contributed by atoms with Crippen molar-refractivity contribution < 1.29 is 0 Å². The van der Waals surface area contributed by atoms with Crippen LogP contribution in [0.3, 0.4) is 0 Å². The fourth-order valence-corrected chi connectivity index (χ4v) is 4.46. The van der Waals surface area contributed by atoms with E-state index in [1.807, 2.05) is 48.5 Å². The van der Waals surface area contributed by atoms with Crippen LogP contribution < -0.4 is 5.43 Å². The SMILES string of the molecule is O=c1c2ccccc2c2ccccc2c2c(Br)cc(Br)cc12. The molecule has 0 aliphatic carbocycles. The molecule has 0 aliphatic heterocycles. The number of rotatable bonds is 0. The molecule has 0 atom stereocenters. The molecule has 4 rings (SSSR count). The molecule has 0 spiro atoms. The molecule has 0 amide bonds. The minimum Gasteiger partial charge on any atom is -0.289 e. The summed E-state index contributed by atoms with van der Waals surface area (Å²) in [7, 11) is 0. The molecule has 0 aromatic heterocycles. The average molecular weight is 414 g/mol. The van der Waals surface area contributed by atoms with E-state index in [0.717, 1.165) is 41.3 Å². The molecule has 0 heterocycles. The highest BCUT2D eigenvalue weighted by atomic mass is 79.9. The van der Waals surface area contributed by atoms with Crippen molar-refractivity contribution in [3.05, 3.63) is 79.8 Å². The highest BCUT2D eigenvalue weighted by Gasteiger charge is 2.11. The molecular weight excluding hydrogens is 404 g/mol. The van der Waals surface area contributed by atoms with Gasteiger partial charge in [0.15, 0.2) is 5.43 Å². The zero-order valence-corrected chi connectivity index (χ0v) is 14.6. The van der Waals surface area contributed by atoms with Crippen LogP contribution in [0.1, 0.15) is 0 Å². The Morgan fingerprint density at radius 3 is 1.86 bits per heavy atom. The predicted octanol–water partition coefficient (Wildman–Crippen LogP) is 6.03. The van der Waals surface area contributed by atoms with Gasteiger partial charge in [-0.3, -0.25) is 4.79 Å². The van der Waals surface area contributed by atoms with Crippen molar-refractivity contribution in [2.24, 2.45) is 0 Å². The Morgan fingerprint density at radius 2 is 1.18 bits per heavy atom. The van der Waals surface area contributed by atoms with Crippen LogP contribution >= 0.6 is 31.9 Å². The lowest BCUT2D eigenvalue weighted by atomic mass is 10.1. The largest absolute Gasteiger partial charge is 0.289 e. The van der Waals surface area contributed by atoms with E-state index in [1.54, 1.807) is 0 Å². The molecule has 0 radical (unpaired) electrons. The Kier molecular flexibility index (Phi) is 3.28. The topological polar surface area (TPSA) is 17.1 Å². The van der Waals surface area contributed by atoms with Crippen LogP contribution in [0, 0.1) is 0 Å². The van der Waals surface area contributed by atoms with Gasteiger partial charge >= 0.3 is 0 Å². The number of hydrogen-bond donors (Lipinski definition) is 0. The van der Waals surface area contributed by atoms with E-state index in [0.29, 0.717) is 0 Å². The van der Waals surface area contributed by atoms with E-state index in [4.69, 9.17) is 0 Å². The minimum atomic E-state index is 0.0591. The van der Waals surface area contributed by atoms with Crippen molar-refractivity contribution in [2.75, 3.05) is 0 Å². The first kappa shape index (κ1) is 13.9. The van der Waals surface area contributed by atoms with Gasteiger partial charge in [0.25, 0.3) is 0 Å². The van der Waals surface area contributed by atoms with Gasteiger partial charge in [-0.25, -0.2) is 0 Å². The summed E-state index contributed by atoms with van der Waals surface area (Å²) in [6.45, 7) is 0.